The van der Waals surface area contributed by atoms with Gasteiger partial charge in [-0.05, 0) is 30.7 Å². The highest BCUT2D eigenvalue weighted by atomic mass is 15.2. The first-order chi connectivity index (χ1) is 14.2. The smallest absolute Gasteiger partial charge is 0.181 e. The summed E-state index contributed by atoms with van der Waals surface area (Å²) < 4.78 is 0. The summed E-state index contributed by atoms with van der Waals surface area (Å²) in [6.45, 7) is 6.13. The Balaban J connectivity index is 1.67. The zero-order chi connectivity index (χ0) is 20.0. The molecule has 3 N–H and O–H groups in total. The third-order valence-corrected chi connectivity index (χ3v) is 5.26. The fourth-order valence-electron chi connectivity index (χ4n) is 3.61. The minimum absolute atomic E-state index is 0.668. The van der Waals surface area contributed by atoms with Crippen LogP contribution in [-0.2, 0) is 0 Å². The summed E-state index contributed by atoms with van der Waals surface area (Å²) in [6.07, 6.45) is 9.12. The second kappa shape index (κ2) is 6.56. The van der Waals surface area contributed by atoms with Gasteiger partial charge in [0.05, 0.1) is 23.1 Å². The van der Waals surface area contributed by atoms with E-state index in [2.05, 4.69) is 61.1 Å². The predicted molar refractivity (Wildman–Crippen MR) is 115 cm³/mol. The van der Waals surface area contributed by atoms with Crippen molar-refractivity contribution in [1.82, 2.24) is 35.5 Å². The van der Waals surface area contributed by atoms with E-state index in [1.54, 1.807) is 6.20 Å². The van der Waals surface area contributed by atoms with Gasteiger partial charge < -0.3 is 10.3 Å². The van der Waals surface area contributed by atoms with E-state index in [-0.39, 0.29) is 0 Å². The van der Waals surface area contributed by atoms with Gasteiger partial charge in [0.15, 0.2) is 5.65 Å². The van der Waals surface area contributed by atoms with E-state index in [1.165, 1.54) is 0 Å². The lowest BCUT2D eigenvalue weighted by atomic mass is 9.98. The summed E-state index contributed by atoms with van der Waals surface area (Å²) in [5, 5.41) is 12.6. The van der Waals surface area contributed by atoms with Crippen LogP contribution in [0.4, 0.5) is 0 Å². The molecule has 5 heterocycles. The number of nitrogens with zero attached hydrogens (tertiary/aromatic N) is 4. The quantitative estimate of drug-likeness (QED) is 0.436. The van der Waals surface area contributed by atoms with Gasteiger partial charge in [0.25, 0.3) is 0 Å². The Morgan fingerprint density at radius 1 is 1.10 bits per heavy atom. The van der Waals surface area contributed by atoms with Crippen molar-refractivity contribution in [2.24, 2.45) is 0 Å². The van der Waals surface area contributed by atoms with E-state index in [1.807, 2.05) is 37.9 Å². The fourth-order valence-corrected chi connectivity index (χ4v) is 3.61. The average molecular weight is 381 g/mol. The lowest BCUT2D eigenvalue weighted by Gasteiger charge is -2.12. The van der Waals surface area contributed by atoms with Crippen molar-refractivity contribution >= 4 is 27.6 Å². The molecule has 5 aromatic heterocycles. The number of fused-ring (bicyclic) bond motifs is 2. The van der Waals surface area contributed by atoms with Gasteiger partial charge in [0.2, 0.25) is 0 Å². The molecule has 0 spiro atoms. The highest BCUT2D eigenvalue weighted by Gasteiger charge is 2.15. The molecule has 0 aliphatic heterocycles. The van der Waals surface area contributed by atoms with Crippen molar-refractivity contribution < 1.29 is 0 Å². The molecule has 29 heavy (non-hydrogen) atoms. The first-order valence-electron chi connectivity index (χ1n) is 9.25. The Hall–Kier alpha value is -4.00. The van der Waals surface area contributed by atoms with E-state index >= 15 is 0 Å². The second-order valence-corrected chi connectivity index (χ2v) is 6.93. The van der Waals surface area contributed by atoms with Gasteiger partial charge in [0, 0.05) is 65.0 Å². The minimum atomic E-state index is 0.668. The van der Waals surface area contributed by atoms with Gasteiger partial charge >= 0.3 is 0 Å². The fraction of sp³-hybridized carbons (Fsp3) is 0.0909. The Morgan fingerprint density at radius 2 is 2.00 bits per heavy atom. The van der Waals surface area contributed by atoms with Crippen molar-refractivity contribution in [3.63, 3.8) is 0 Å². The molecule has 5 rings (SSSR count). The van der Waals surface area contributed by atoms with Gasteiger partial charge in [-0.2, -0.15) is 5.10 Å². The van der Waals surface area contributed by atoms with Crippen LogP contribution in [0.1, 0.15) is 11.1 Å². The van der Waals surface area contributed by atoms with Crippen LogP contribution < -0.4 is 5.32 Å². The number of pyridine rings is 3. The lowest BCUT2D eigenvalue weighted by Crippen LogP contribution is -2.05. The number of nitrogens with one attached hydrogen (secondary N) is 3. The molecule has 0 aliphatic carbocycles. The predicted octanol–water partition coefficient (Wildman–Crippen LogP) is 4.06. The maximum atomic E-state index is 4.56. The Labute approximate surface area is 166 Å². The third kappa shape index (κ3) is 2.75. The van der Waals surface area contributed by atoms with E-state index < -0.39 is 0 Å². The summed E-state index contributed by atoms with van der Waals surface area (Å²) in [4.78, 5) is 16.5. The molecule has 0 radical (unpaired) electrons. The van der Waals surface area contributed by atoms with Crippen molar-refractivity contribution in [3.05, 3.63) is 66.9 Å². The van der Waals surface area contributed by atoms with Crippen LogP contribution in [0.5, 0.6) is 0 Å². The SMILES string of the molecule is C=C(NC)c1cncc(-c2cnc3n[nH]c(-c4cc5ccncc5[nH]4)c3c2)c1C. The van der Waals surface area contributed by atoms with Crippen LogP contribution in [0.3, 0.4) is 0 Å². The second-order valence-electron chi connectivity index (χ2n) is 6.93. The summed E-state index contributed by atoms with van der Waals surface area (Å²) in [7, 11) is 1.86. The van der Waals surface area contributed by atoms with Crippen LogP contribution in [0.25, 0.3) is 50.1 Å². The van der Waals surface area contributed by atoms with Crippen LogP contribution in [0, 0.1) is 6.92 Å². The maximum Gasteiger partial charge on any atom is 0.181 e. The van der Waals surface area contributed by atoms with Gasteiger partial charge in [-0.25, -0.2) is 4.98 Å². The Bertz CT molecular complexity index is 1340. The summed E-state index contributed by atoms with van der Waals surface area (Å²) >= 11 is 0. The average Bonchev–Trinajstić information content (AvgIpc) is 3.36. The number of rotatable bonds is 4. The number of aromatic nitrogens is 6. The summed E-state index contributed by atoms with van der Waals surface area (Å²) in [5.74, 6) is 0. The van der Waals surface area contributed by atoms with Crippen molar-refractivity contribution in [2.45, 2.75) is 6.92 Å². The third-order valence-electron chi connectivity index (χ3n) is 5.26. The Morgan fingerprint density at radius 3 is 2.83 bits per heavy atom. The molecule has 0 atom stereocenters. The van der Waals surface area contributed by atoms with Crippen molar-refractivity contribution in [2.75, 3.05) is 7.05 Å². The molecule has 7 heteroatoms. The van der Waals surface area contributed by atoms with Crippen LogP contribution in [0.15, 0.2) is 55.8 Å². The number of H-pyrrole nitrogens is 2. The van der Waals surface area contributed by atoms with E-state index in [0.717, 1.165) is 55.6 Å². The maximum absolute atomic E-state index is 4.56. The molecule has 0 amide bonds. The van der Waals surface area contributed by atoms with Gasteiger partial charge in [-0.1, -0.05) is 6.58 Å². The zero-order valence-corrected chi connectivity index (χ0v) is 16.1. The molecular formula is C22H19N7. The van der Waals surface area contributed by atoms with E-state index in [0.29, 0.717) is 5.65 Å². The Kier molecular flexibility index (Phi) is 3.87. The van der Waals surface area contributed by atoms with E-state index in [4.69, 9.17) is 0 Å². The molecule has 0 saturated carbocycles. The number of hydrogen-bond acceptors (Lipinski definition) is 5. The summed E-state index contributed by atoms with van der Waals surface area (Å²) in [5.41, 5.74) is 8.41. The first-order valence-corrected chi connectivity index (χ1v) is 9.25. The molecule has 0 aliphatic rings. The molecule has 142 valence electrons. The van der Waals surface area contributed by atoms with Crippen molar-refractivity contribution in [1.29, 1.82) is 0 Å². The van der Waals surface area contributed by atoms with Crippen LogP contribution >= 0.6 is 0 Å². The molecule has 0 bridgehead atoms. The topological polar surface area (TPSA) is 95.2 Å². The molecule has 0 aromatic carbocycles. The standard InChI is InChI=1S/C22H19N7/c1-12-17(13(2)23-3)9-25-10-18(12)15-6-16-21(28-29-22(16)26-8-15)19-7-14-4-5-24-11-20(14)27-19/h4-11,23,27H,2H2,1,3H3,(H,26,28,29). The molecule has 0 fully saturated rings. The molecule has 0 saturated heterocycles. The normalized spacial score (nSPS) is 11.2. The lowest BCUT2D eigenvalue weighted by molar-refractivity contribution is 1.10. The van der Waals surface area contributed by atoms with Crippen LogP contribution in [-0.4, -0.2) is 37.2 Å². The zero-order valence-electron chi connectivity index (χ0n) is 16.1. The monoisotopic (exact) mass is 381 g/mol. The molecule has 7 nitrogen and oxygen atoms in total. The molecular weight excluding hydrogens is 362 g/mol. The highest BCUT2D eigenvalue weighted by molar-refractivity contribution is 5.96. The van der Waals surface area contributed by atoms with Crippen LogP contribution in [0.2, 0.25) is 0 Å². The molecule has 5 aromatic rings. The van der Waals surface area contributed by atoms with Gasteiger partial charge in [-0.3, -0.25) is 15.1 Å². The highest BCUT2D eigenvalue weighted by Crippen LogP contribution is 2.32. The number of aromatic amines is 2. The number of hydrogen-bond donors (Lipinski definition) is 3. The largest absolute Gasteiger partial charge is 0.388 e. The van der Waals surface area contributed by atoms with Gasteiger partial charge in [-0.15, -0.1) is 0 Å². The van der Waals surface area contributed by atoms with E-state index in [9.17, 15) is 0 Å². The first kappa shape index (κ1) is 17.1. The minimum Gasteiger partial charge on any atom is -0.388 e. The summed E-state index contributed by atoms with van der Waals surface area (Å²) in [6, 6.07) is 6.16. The van der Waals surface area contributed by atoms with Gasteiger partial charge in [0.1, 0.15) is 0 Å². The molecule has 0 unspecified atom stereocenters. The van der Waals surface area contributed by atoms with Crippen molar-refractivity contribution in [3.8, 4) is 22.5 Å².